The van der Waals surface area contributed by atoms with E-state index in [1.165, 1.54) is 12.7 Å². The van der Waals surface area contributed by atoms with E-state index in [2.05, 4.69) is 39.4 Å². The standard InChI is InChI=1S/C31H43ClN4O5/c1-4-21-6-5-7-24(18-21)27-25(12-13-34-29(27)32)28(41-16-14-35-31(38)39-3)26-20-36(15-17-40-26)30(37)23-10-8-22(9-11-23)19-33-2/h5-7,12-13,18,22-23,26,28,33H,4,8-11,14-17,19-20H2,1-3H3,(H,35,38)/t22-,23-,26-,28+/m1/s1. The van der Waals surface area contributed by atoms with E-state index < -0.39 is 18.3 Å². The van der Waals surface area contributed by atoms with Gasteiger partial charge in [0.1, 0.15) is 17.4 Å². The molecule has 41 heavy (non-hydrogen) atoms. The number of hydrogen-bond donors (Lipinski definition) is 2. The monoisotopic (exact) mass is 586 g/mol. The third kappa shape index (κ3) is 8.19. The summed E-state index contributed by atoms with van der Waals surface area (Å²) in [6.07, 6.45) is 5.05. The van der Waals surface area contributed by atoms with E-state index in [4.69, 9.17) is 21.1 Å². The van der Waals surface area contributed by atoms with Crippen LogP contribution in [0.25, 0.3) is 11.1 Å². The lowest BCUT2D eigenvalue weighted by molar-refractivity contribution is -0.153. The fraction of sp³-hybridized carbons (Fsp3) is 0.581. The number of aryl methyl sites for hydroxylation is 1. The molecule has 2 atom stereocenters. The third-order valence-corrected chi connectivity index (χ3v) is 8.44. The molecule has 224 valence electrons. The summed E-state index contributed by atoms with van der Waals surface area (Å²) in [4.78, 5) is 31.6. The molecule has 2 heterocycles. The fourth-order valence-corrected chi connectivity index (χ4v) is 6.22. The number of amides is 2. The van der Waals surface area contributed by atoms with Crippen LogP contribution in [0, 0.1) is 11.8 Å². The average Bonchev–Trinajstić information content (AvgIpc) is 3.01. The van der Waals surface area contributed by atoms with Crippen LogP contribution < -0.4 is 10.6 Å². The summed E-state index contributed by atoms with van der Waals surface area (Å²) in [5.74, 6) is 0.892. The number of pyridine rings is 1. The lowest BCUT2D eigenvalue weighted by Crippen LogP contribution is -2.50. The highest BCUT2D eigenvalue weighted by Gasteiger charge is 2.37. The minimum atomic E-state index is -0.544. The second-order valence-electron chi connectivity index (χ2n) is 10.8. The predicted octanol–water partition coefficient (Wildman–Crippen LogP) is 4.63. The normalized spacial score (nSPS) is 21.8. The lowest BCUT2D eigenvalue weighted by Gasteiger charge is -2.40. The summed E-state index contributed by atoms with van der Waals surface area (Å²) in [6.45, 7) is 4.99. The molecule has 2 N–H and O–H groups in total. The number of nitrogens with one attached hydrogen (secondary N) is 2. The number of rotatable bonds is 11. The molecule has 2 amide bonds. The maximum atomic E-state index is 13.6. The van der Waals surface area contributed by atoms with Gasteiger partial charge in [0.15, 0.2) is 0 Å². The van der Waals surface area contributed by atoms with Crippen molar-refractivity contribution >= 4 is 23.6 Å². The van der Waals surface area contributed by atoms with Crippen LogP contribution in [0.4, 0.5) is 4.79 Å². The van der Waals surface area contributed by atoms with Gasteiger partial charge in [-0.3, -0.25) is 4.79 Å². The minimum absolute atomic E-state index is 0.0493. The number of morpholine rings is 1. The van der Waals surface area contributed by atoms with Gasteiger partial charge in [-0.2, -0.15) is 0 Å². The number of aromatic nitrogens is 1. The molecule has 1 aromatic carbocycles. The Morgan fingerprint density at radius 3 is 2.76 bits per heavy atom. The van der Waals surface area contributed by atoms with Crippen LogP contribution in [-0.4, -0.2) is 81.5 Å². The molecule has 2 aromatic rings. The Morgan fingerprint density at radius 2 is 2.02 bits per heavy atom. The van der Waals surface area contributed by atoms with Gasteiger partial charge in [-0.25, -0.2) is 9.78 Å². The van der Waals surface area contributed by atoms with Crippen molar-refractivity contribution < 1.29 is 23.8 Å². The Bertz CT molecular complexity index is 1160. The Hall–Kier alpha value is -2.72. The quantitative estimate of drug-likeness (QED) is 0.292. The van der Waals surface area contributed by atoms with Crippen molar-refractivity contribution in [3.63, 3.8) is 0 Å². The predicted molar refractivity (Wildman–Crippen MR) is 159 cm³/mol. The highest BCUT2D eigenvalue weighted by molar-refractivity contribution is 6.32. The molecule has 1 saturated heterocycles. The van der Waals surface area contributed by atoms with E-state index in [1.807, 2.05) is 30.1 Å². The zero-order valence-electron chi connectivity index (χ0n) is 24.4. The van der Waals surface area contributed by atoms with Gasteiger partial charge in [0.2, 0.25) is 5.91 Å². The van der Waals surface area contributed by atoms with Crippen LogP contribution in [0.5, 0.6) is 0 Å². The van der Waals surface area contributed by atoms with Crippen molar-refractivity contribution in [1.82, 2.24) is 20.5 Å². The van der Waals surface area contributed by atoms with Gasteiger partial charge < -0.3 is 29.7 Å². The van der Waals surface area contributed by atoms with Gasteiger partial charge in [0, 0.05) is 37.3 Å². The second kappa shape index (κ2) is 15.5. The largest absolute Gasteiger partial charge is 0.453 e. The van der Waals surface area contributed by atoms with E-state index >= 15 is 0 Å². The number of carbonyl (C=O) groups excluding carboxylic acids is 2. The molecule has 1 aliphatic heterocycles. The summed E-state index contributed by atoms with van der Waals surface area (Å²) in [7, 11) is 3.31. The van der Waals surface area contributed by atoms with Crippen LogP contribution >= 0.6 is 11.6 Å². The van der Waals surface area contributed by atoms with E-state index in [0.29, 0.717) is 30.8 Å². The summed E-state index contributed by atoms with van der Waals surface area (Å²) in [6, 6.07) is 10.1. The molecule has 9 nitrogen and oxygen atoms in total. The lowest BCUT2D eigenvalue weighted by atomic mass is 9.81. The first kappa shape index (κ1) is 31.2. The van der Waals surface area contributed by atoms with E-state index in [-0.39, 0.29) is 25.0 Å². The van der Waals surface area contributed by atoms with Crippen LogP contribution in [0.2, 0.25) is 5.15 Å². The van der Waals surface area contributed by atoms with Crippen LogP contribution in [0.1, 0.15) is 49.8 Å². The molecule has 0 radical (unpaired) electrons. The Labute approximate surface area is 248 Å². The maximum Gasteiger partial charge on any atom is 0.406 e. The molecule has 1 aromatic heterocycles. The van der Waals surface area contributed by atoms with Crippen molar-refractivity contribution in [1.29, 1.82) is 0 Å². The average molecular weight is 587 g/mol. The van der Waals surface area contributed by atoms with Crippen molar-refractivity contribution in [3.8, 4) is 11.1 Å². The number of benzene rings is 1. The van der Waals surface area contributed by atoms with Gasteiger partial charge >= 0.3 is 6.09 Å². The molecule has 0 unspecified atom stereocenters. The first-order valence-corrected chi connectivity index (χ1v) is 15.0. The first-order valence-electron chi connectivity index (χ1n) is 14.7. The third-order valence-electron chi connectivity index (χ3n) is 8.15. The summed E-state index contributed by atoms with van der Waals surface area (Å²) < 4.78 is 17.4. The topological polar surface area (TPSA) is 102 Å². The summed E-state index contributed by atoms with van der Waals surface area (Å²) in [5.41, 5.74) is 3.75. The number of nitrogens with zero attached hydrogens (tertiary/aromatic N) is 2. The maximum absolute atomic E-state index is 13.6. The fourth-order valence-electron chi connectivity index (χ4n) is 5.95. The second-order valence-corrected chi connectivity index (χ2v) is 11.2. The van der Waals surface area contributed by atoms with Gasteiger partial charge in [-0.1, -0.05) is 42.8 Å². The molecule has 10 heteroatoms. The highest BCUT2D eigenvalue weighted by atomic mass is 35.5. The molecule has 2 fully saturated rings. The first-order chi connectivity index (χ1) is 19.9. The molecule has 1 saturated carbocycles. The van der Waals surface area contributed by atoms with Crippen molar-refractivity contribution in [2.75, 3.05) is 53.6 Å². The van der Waals surface area contributed by atoms with Crippen molar-refractivity contribution in [2.24, 2.45) is 11.8 Å². The Kier molecular flexibility index (Phi) is 11.8. The van der Waals surface area contributed by atoms with Crippen LogP contribution in [-0.2, 0) is 25.4 Å². The molecule has 0 bridgehead atoms. The van der Waals surface area contributed by atoms with Gasteiger partial charge in [0.05, 0.1) is 20.3 Å². The number of hydrogen-bond acceptors (Lipinski definition) is 7. The van der Waals surface area contributed by atoms with E-state index in [9.17, 15) is 9.59 Å². The molecule has 4 rings (SSSR count). The Morgan fingerprint density at radius 1 is 1.22 bits per heavy atom. The van der Waals surface area contributed by atoms with Gasteiger partial charge in [-0.15, -0.1) is 0 Å². The van der Waals surface area contributed by atoms with Gasteiger partial charge in [-0.05, 0) is 74.4 Å². The SMILES string of the molecule is CCc1cccc(-c2c([C@H](OCCNC(=O)OC)[C@H]3CN(C(=O)[C@H]4CC[C@H](CNC)CC4)CCO3)ccnc2Cl)c1. The zero-order chi connectivity index (χ0) is 29.2. The molecular formula is C31H43ClN4O5. The summed E-state index contributed by atoms with van der Waals surface area (Å²) in [5, 5.41) is 6.30. The van der Waals surface area contributed by atoms with E-state index in [0.717, 1.165) is 55.3 Å². The number of methoxy groups -OCH3 is 1. The zero-order valence-corrected chi connectivity index (χ0v) is 25.1. The number of carbonyl (C=O) groups is 2. The molecule has 1 aliphatic carbocycles. The van der Waals surface area contributed by atoms with Crippen LogP contribution in [0.3, 0.4) is 0 Å². The van der Waals surface area contributed by atoms with Gasteiger partial charge in [0.25, 0.3) is 0 Å². The van der Waals surface area contributed by atoms with Crippen molar-refractivity contribution in [3.05, 3.63) is 52.8 Å². The molecular weight excluding hydrogens is 544 g/mol. The smallest absolute Gasteiger partial charge is 0.406 e. The van der Waals surface area contributed by atoms with Crippen molar-refractivity contribution in [2.45, 2.75) is 51.2 Å². The number of ether oxygens (including phenoxy) is 3. The number of alkyl carbamates (subject to hydrolysis) is 1. The number of halogens is 1. The van der Waals surface area contributed by atoms with Crippen LogP contribution in [0.15, 0.2) is 36.5 Å². The molecule has 2 aliphatic rings. The van der Waals surface area contributed by atoms with E-state index in [1.54, 1.807) is 6.20 Å². The summed E-state index contributed by atoms with van der Waals surface area (Å²) >= 11 is 6.73. The Balaban J connectivity index is 1.57. The minimum Gasteiger partial charge on any atom is -0.453 e. The molecule has 0 spiro atoms. The highest BCUT2D eigenvalue weighted by Crippen LogP contribution is 2.38.